The van der Waals surface area contributed by atoms with Crippen molar-refractivity contribution < 1.29 is 19.5 Å². The normalized spacial score (nSPS) is 11.1. The minimum Gasteiger partial charge on any atom is -0.489 e. The van der Waals surface area contributed by atoms with Gasteiger partial charge in [0.05, 0.1) is 7.11 Å². The molecule has 0 aliphatic heterocycles. The largest absolute Gasteiger partial charge is 0.489 e. The van der Waals surface area contributed by atoms with Gasteiger partial charge in [-0.05, 0) is 24.1 Å². The third kappa shape index (κ3) is 3.44. The fraction of sp³-hybridized carbons (Fsp3) is 0.176. The molecule has 0 fully saturated rings. The molecule has 0 radical (unpaired) electrons. The highest BCUT2D eigenvalue weighted by Crippen LogP contribution is 2.19. The molecule has 0 spiro atoms. The summed E-state index contributed by atoms with van der Waals surface area (Å²) in [6.07, 6.45) is 0. The van der Waals surface area contributed by atoms with Crippen molar-refractivity contribution in [1.82, 2.24) is 0 Å². The lowest BCUT2D eigenvalue weighted by molar-refractivity contribution is -0.132. The van der Waals surface area contributed by atoms with Crippen molar-refractivity contribution in [2.24, 2.45) is 5.16 Å². The second kappa shape index (κ2) is 7.26. The molecule has 0 heterocycles. The summed E-state index contributed by atoms with van der Waals surface area (Å²) in [5.74, 6) is 0.0590. The fourth-order valence-electron chi connectivity index (χ4n) is 2.05. The zero-order valence-electron chi connectivity index (χ0n) is 12.4. The molecule has 0 saturated carbocycles. The summed E-state index contributed by atoms with van der Waals surface area (Å²) in [4.78, 5) is 11.7. The Labute approximate surface area is 128 Å². The maximum Gasteiger partial charge on any atom is 0.360 e. The van der Waals surface area contributed by atoms with E-state index in [9.17, 15) is 4.79 Å². The molecule has 0 saturated heterocycles. The Balaban J connectivity index is 2.26. The van der Waals surface area contributed by atoms with Crippen molar-refractivity contribution in [3.63, 3.8) is 0 Å². The summed E-state index contributed by atoms with van der Waals surface area (Å²) in [5, 5.41) is 12.1. The van der Waals surface area contributed by atoms with E-state index in [-0.39, 0.29) is 12.3 Å². The number of hydrogen-bond acceptors (Lipinski definition) is 5. The van der Waals surface area contributed by atoms with E-state index >= 15 is 0 Å². The van der Waals surface area contributed by atoms with Crippen LogP contribution in [0, 0.1) is 6.92 Å². The van der Waals surface area contributed by atoms with Gasteiger partial charge in [-0.25, -0.2) is 4.79 Å². The first-order valence-electron chi connectivity index (χ1n) is 6.74. The number of ether oxygens (including phenoxy) is 2. The Morgan fingerprint density at radius 3 is 2.50 bits per heavy atom. The third-order valence-electron chi connectivity index (χ3n) is 3.23. The summed E-state index contributed by atoms with van der Waals surface area (Å²) >= 11 is 0. The lowest BCUT2D eigenvalue weighted by Gasteiger charge is -2.12. The number of methoxy groups -OCH3 is 1. The highest BCUT2D eigenvalue weighted by molar-refractivity contribution is 6.43. The number of carbonyl (C=O) groups excluding carboxylic acids is 1. The number of rotatable bonds is 5. The molecule has 2 aromatic carbocycles. The molecule has 2 rings (SSSR count). The van der Waals surface area contributed by atoms with Crippen LogP contribution in [0.25, 0.3) is 0 Å². The van der Waals surface area contributed by atoms with Crippen molar-refractivity contribution in [2.45, 2.75) is 13.5 Å². The van der Waals surface area contributed by atoms with Crippen molar-refractivity contribution in [2.75, 3.05) is 7.11 Å². The standard InChI is InChI=1S/C17H17NO4/c1-12-7-3-6-10-15(12)22-11-13-8-4-5-9-14(13)16(18-20)17(19)21-2/h3-10,20H,11H2,1-2H3/b18-16+. The fourth-order valence-corrected chi connectivity index (χ4v) is 2.05. The quantitative estimate of drug-likeness (QED) is 0.399. The lowest BCUT2D eigenvalue weighted by Crippen LogP contribution is -2.19. The van der Waals surface area contributed by atoms with E-state index in [2.05, 4.69) is 9.89 Å². The van der Waals surface area contributed by atoms with Crippen molar-refractivity contribution in [3.05, 3.63) is 65.2 Å². The maximum absolute atomic E-state index is 11.7. The van der Waals surface area contributed by atoms with Crippen LogP contribution in [0.2, 0.25) is 0 Å². The molecule has 5 heteroatoms. The number of carbonyl (C=O) groups is 1. The van der Waals surface area contributed by atoms with Crippen molar-refractivity contribution in [3.8, 4) is 5.75 Å². The van der Waals surface area contributed by atoms with E-state index in [0.717, 1.165) is 16.9 Å². The van der Waals surface area contributed by atoms with Gasteiger partial charge in [-0.2, -0.15) is 0 Å². The molecule has 5 nitrogen and oxygen atoms in total. The number of esters is 1. The molecule has 0 atom stereocenters. The number of aryl methyl sites for hydroxylation is 1. The van der Waals surface area contributed by atoms with Gasteiger partial charge in [0.2, 0.25) is 0 Å². The second-order valence-electron chi connectivity index (χ2n) is 4.65. The van der Waals surface area contributed by atoms with Gasteiger partial charge >= 0.3 is 5.97 Å². The van der Waals surface area contributed by atoms with Crippen LogP contribution >= 0.6 is 0 Å². The zero-order chi connectivity index (χ0) is 15.9. The summed E-state index contributed by atoms with van der Waals surface area (Å²) in [6, 6.07) is 14.7. The van der Waals surface area contributed by atoms with E-state index in [0.29, 0.717) is 5.56 Å². The van der Waals surface area contributed by atoms with Gasteiger partial charge in [-0.1, -0.05) is 47.6 Å². The Kier molecular flexibility index (Phi) is 5.14. The first-order valence-corrected chi connectivity index (χ1v) is 6.74. The van der Waals surface area contributed by atoms with Crippen LogP contribution in [0.4, 0.5) is 0 Å². The van der Waals surface area contributed by atoms with Crippen LogP contribution in [0.15, 0.2) is 53.7 Å². The Bertz CT molecular complexity index is 695. The predicted octanol–water partition coefficient (Wildman–Crippen LogP) is 2.93. The first kappa shape index (κ1) is 15.6. The molecule has 114 valence electrons. The monoisotopic (exact) mass is 299 g/mol. The van der Waals surface area contributed by atoms with Crippen molar-refractivity contribution in [1.29, 1.82) is 0 Å². The molecule has 22 heavy (non-hydrogen) atoms. The number of oxime groups is 1. The minimum absolute atomic E-state index is 0.147. The maximum atomic E-state index is 11.7. The van der Waals surface area contributed by atoms with Crippen LogP contribution in [0.1, 0.15) is 16.7 Å². The lowest BCUT2D eigenvalue weighted by atomic mass is 10.0. The van der Waals surface area contributed by atoms with E-state index in [1.54, 1.807) is 12.1 Å². The summed E-state index contributed by atoms with van der Waals surface area (Å²) in [6.45, 7) is 2.20. The molecule has 0 unspecified atom stereocenters. The van der Waals surface area contributed by atoms with E-state index in [1.165, 1.54) is 7.11 Å². The zero-order valence-corrected chi connectivity index (χ0v) is 12.4. The Morgan fingerprint density at radius 1 is 1.14 bits per heavy atom. The van der Waals surface area contributed by atoms with E-state index in [4.69, 9.17) is 9.94 Å². The molecule has 2 aromatic rings. The summed E-state index contributed by atoms with van der Waals surface area (Å²) < 4.78 is 10.4. The smallest absolute Gasteiger partial charge is 0.360 e. The molecule has 1 N–H and O–H groups in total. The van der Waals surface area contributed by atoms with Gasteiger partial charge in [0.25, 0.3) is 0 Å². The van der Waals surface area contributed by atoms with Crippen LogP contribution < -0.4 is 4.74 Å². The SMILES string of the molecule is COC(=O)/C(=N/O)c1ccccc1COc1ccccc1C. The number of hydrogen-bond donors (Lipinski definition) is 1. The molecule has 0 amide bonds. The highest BCUT2D eigenvalue weighted by atomic mass is 16.5. The van der Waals surface area contributed by atoms with Gasteiger partial charge in [-0.15, -0.1) is 0 Å². The minimum atomic E-state index is -0.703. The summed E-state index contributed by atoms with van der Waals surface area (Å²) in [5.41, 5.74) is 2.07. The summed E-state index contributed by atoms with van der Waals surface area (Å²) in [7, 11) is 1.24. The van der Waals surface area contributed by atoms with Crippen LogP contribution in [-0.2, 0) is 16.1 Å². The predicted molar refractivity (Wildman–Crippen MR) is 82.3 cm³/mol. The van der Waals surface area contributed by atoms with Gasteiger partial charge < -0.3 is 14.7 Å². The van der Waals surface area contributed by atoms with Crippen molar-refractivity contribution >= 4 is 11.7 Å². The van der Waals surface area contributed by atoms with Crippen LogP contribution in [0.5, 0.6) is 5.75 Å². The topological polar surface area (TPSA) is 68.1 Å². The third-order valence-corrected chi connectivity index (χ3v) is 3.23. The van der Waals surface area contributed by atoms with Gasteiger partial charge in [0, 0.05) is 5.56 Å². The molecule has 0 aliphatic carbocycles. The average molecular weight is 299 g/mol. The Morgan fingerprint density at radius 2 is 1.82 bits per heavy atom. The van der Waals surface area contributed by atoms with E-state index in [1.807, 2.05) is 43.3 Å². The molecule has 0 aromatic heterocycles. The highest BCUT2D eigenvalue weighted by Gasteiger charge is 2.18. The number of benzene rings is 2. The number of para-hydroxylation sites is 1. The van der Waals surface area contributed by atoms with Crippen LogP contribution in [0.3, 0.4) is 0 Å². The van der Waals surface area contributed by atoms with Gasteiger partial charge in [0.15, 0.2) is 5.71 Å². The Hall–Kier alpha value is -2.82. The molecule has 0 aliphatic rings. The molecular formula is C17H17NO4. The van der Waals surface area contributed by atoms with E-state index < -0.39 is 5.97 Å². The average Bonchev–Trinajstić information content (AvgIpc) is 2.55. The molecular weight excluding hydrogens is 282 g/mol. The van der Waals surface area contributed by atoms with Gasteiger partial charge in [-0.3, -0.25) is 0 Å². The van der Waals surface area contributed by atoms with Crippen LogP contribution in [-0.4, -0.2) is 24.0 Å². The number of nitrogens with zero attached hydrogens (tertiary/aromatic N) is 1. The van der Waals surface area contributed by atoms with Gasteiger partial charge in [0.1, 0.15) is 12.4 Å². The second-order valence-corrected chi connectivity index (χ2v) is 4.65. The first-order chi connectivity index (χ1) is 10.7. The molecule has 0 bridgehead atoms.